The summed E-state index contributed by atoms with van der Waals surface area (Å²) in [5.41, 5.74) is 1.80. The number of rotatable bonds is 5. The van der Waals surface area contributed by atoms with Crippen molar-refractivity contribution in [3.63, 3.8) is 0 Å². The fourth-order valence-corrected chi connectivity index (χ4v) is 1.51. The first-order chi connectivity index (χ1) is 9.38. The van der Waals surface area contributed by atoms with E-state index in [0.717, 1.165) is 11.4 Å². The van der Waals surface area contributed by atoms with Crippen LogP contribution in [0.2, 0.25) is 0 Å². The van der Waals surface area contributed by atoms with Crippen LogP contribution in [-0.2, 0) is 4.74 Å². The zero-order chi connectivity index (χ0) is 13.3. The molecule has 0 N–H and O–H groups in total. The standard InChI is InChI=1S/C16H16N2O/c1-19-16(12-17-14-8-4-2-5-9-14)13-18-15-10-6-3-7-11-15/h2-13,16H,1H3. The number of para-hydroxylation sites is 2. The molecule has 0 atom stereocenters. The monoisotopic (exact) mass is 252 g/mol. The summed E-state index contributed by atoms with van der Waals surface area (Å²) in [7, 11) is 1.64. The summed E-state index contributed by atoms with van der Waals surface area (Å²) in [6.45, 7) is 0. The topological polar surface area (TPSA) is 34.0 Å². The second kappa shape index (κ2) is 7.24. The van der Waals surface area contributed by atoms with Gasteiger partial charge in [0.15, 0.2) is 0 Å². The largest absolute Gasteiger partial charge is 0.370 e. The average molecular weight is 252 g/mol. The van der Waals surface area contributed by atoms with Crippen LogP contribution in [0.25, 0.3) is 0 Å². The van der Waals surface area contributed by atoms with Gasteiger partial charge in [-0.1, -0.05) is 36.4 Å². The van der Waals surface area contributed by atoms with Crippen molar-refractivity contribution in [3.8, 4) is 0 Å². The Hall–Kier alpha value is -2.26. The SMILES string of the molecule is COC(C=Nc1ccccc1)C=Nc1ccccc1. The number of nitrogens with zero attached hydrogens (tertiary/aromatic N) is 2. The summed E-state index contributed by atoms with van der Waals surface area (Å²) in [5, 5.41) is 0. The van der Waals surface area contributed by atoms with Gasteiger partial charge < -0.3 is 4.74 Å². The Kier molecular flexibility index (Phi) is 5.02. The van der Waals surface area contributed by atoms with Crippen molar-refractivity contribution in [1.82, 2.24) is 0 Å². The van der Waals surface area contributed by atoms with E-state index in [9.17, 15) is 0 Å². The maximum absolute atomic E-state index is 5.30. The van der Waals surface area contributed by atoms with E-state index in [2.05, 4.69) is 9.98 Å². The fourth-order valence-electron chi connectivity index (χ4n) is 1.51. The van der Waals surface area contributed by atoms with Crippen molar-refractivity contribution in [2.75, 3.05) is 7.11 Å². The predicted octanol–water partition coefficient (Wildman–Crippen LogP) is 3.81. The minimum atomic E-state index is -0.236. The number of benzene rings is 2. The van der Waals surface area contributed by atoms with Crippen LogP contribution in [0.1, 0.15) is 0 Å². The highest BCUT2D eigenvalue weighted by molar-refractivity contribution is 5.89. The first kappa shape index (κ1) is 13.2. The van der Waals surface area contributed by atoms with Gasteiger partial charge in [-0.15, -0.1) is 0 Å². The molecule has 2 aromatic carbocycles. The summed E-state index contributed by atoms with van der Waals surface area (Å²) >= 11 is 0. The first-order valence-corrected chi connectivity index (χ1v) is 6.10. The number of hydrogen-bond acceptors (Lipinski definition) is 3. The molecule has 0 aliphatic heterocycles. The van der Waals surface area contributed by atoms with Gasteiger partial charge in [-0.3, -0.25) is 9.98 Å². The Morgan fingerprint density at radius 2 is 1.21 bits per heavy atom. The predicted molar refractivity (Wildman–Crippen MR) is 80.0 cm³/mol. The van der Waals surface area contributed by atoms with Gasteiger partial charge in [-0.05, 0) is 24.3 Å². The van der Waals surface area contributed by atoms with Crippen LogP contribution < -0.4 is 0 Å². The maximum atomic E-state index is 5.30. The van der Waals surface area contributed by atoms with Crippen molar-refractivity contribution in [1.29, 1.82) is 0 Å². The Bertz CT molecular complexity index is 486. The highest BCUT2D eigenvalue weighted by Crippen LogP contribution is 2.10. The fraction of sp³-hybridized carbons (Fsp3) is 0.125. The van der Waals surface area contributed by atoms with Gasteiger partial charge in [-0.25, -0.2) is 0 Å². The molecule has 0 saturated carbocycles. The van der Waals surface area contributed by atoms with Crippen LogP contribution in [0.5, 0.6) is 0 Å². The molecule has 19 heavy (non-hydrogen) atoms. The van der Waals surface area contributed by atoms with Crippen LogP contribution in [0.15, 0.2) is 70.6 Å². The Balaban J connectivity index is 2.01. The molecule has 0 saturated heterocycles. The van der Waals surface area contributed by atoms with Gasteiger partial charge in [0.25, 0.3) is 0 Å². The summed E-state index contributed by atoms with van der Waals surface area (Å²) in [5.74, 6) is 0. The smallest absolute Gasteiger partial charge is 0.127 e. The van der Waals surface area contributed by atoms with Crippen molar-refractivity contribution in [3.05, 3.63) is 60.7 Å². The molecule has 0 aliphatic carbocycles. The summed E-state index contributed by atoms with van der Waals surface area (Å²) in [4.78, 5) is 8.70. The van der Waals surface area contributed by atoms with Gasteiger partial charge in [-0.2, -0.15) is 0 Å². The van der Waals surface area contributed by atoms with Crippen LogP contribution in [0, 0.1) is 0 Å². The van der Waals surface area contributed by atoms with Crippen LogP contribution in [-0.4, -0.2) is 25.6 Å². The molecule has 3 nitrogen and oxygen atoms in total. The van der Waals surface area contributed by atoms with E-state index >= 15 is 0 Å². The van der Waals surface area contributed by atoms with Gasteiger partial charge in [0.1, 0.15) is 6.10 Å². The minimum Gasteiger partial charge on any atom is -0.370 e. The molecule has 0 spiro atoms. The van der Waals surface area contributed by atoms with Crippen molar-refractivity contribution >= 4 is 23.8 Å². The zero-order valence-electron chi connectivity index (χ0n) is 10.8. The Labute approximate surface area is 113 Å². The third kappa shape index (κ3) is 4.48. The molecule has 0 radical (unpaired) electrons. The summed E-state index contributed by atoms with van der Waals surface area (Å²) in [6, 6.07) is 19.5. The van der Waals surface area contributed by atoms with E-state index in [1.807, 2.05) is 60.7 Å². The number of aliphatic imine (C=N–C) groups is 2. The normalized spacial score (nSPS) is 13.1. The number of hydrogen-bond donors (Lipinski definition) is 0. The van der Waals surface area contributed by atoms with Crippen LogP contribution in [0.3, 0.4) is 0 Å². The van der Waals surface area contributed by atoms with Gasteiger partial charge >= 0.3 is 0 Å². The van der Waals surface area contributed by atoms with Gasteiger partial charge in [0.05, 0.1) is 11.4 Å². The van der Waals surface area contributed by atoms with E-state index in [-0.39, 0.29) is 6.10 Å². The third-order valence-electron chi connectivity index (χ3n) is 2.53. The van der Waals surface area contributed by atoms with Crippen molar-refractivity contribution in [2.24, 2.45) is 9.98 Å². The molecule has 2 rings (SSSR count). The van der Waals surface area contributed by atoms with E-state index in [0.29, 0.717) is 0 Å². The zero-order valence-corrected chi connectivity index (χ0v) is 10.8. The Morgan fingerprint density at radius 3 is 1.58 bits per heavy atom. The third-order valence-corrected chi connectivity index (χ3v) is 2.53. The van der Waals surface area contributed by atoms with E-state index in [4.69, 9.17) is 4.74 Å². The molecule has 0 fully saturated rings. The Morgan fingerprint density at radius 1 is 0.789 bits per heavy atom. The number of methoxy groups -OCH3 is 1. The molecule has 3 heteroatoms. The first-order valence-electron chi connectivity index (χ1n) is 6.10. The van der Waals surface area contributed by atoms with Crippen LogP contribution >= 0.6 is 0 Å². The maximum Gasteiger partial charge on any atom is 0.127 e. The van der Waals surface area contributed by atoms with Crippen molar-refractivity contribution in [2.45, 2.75) is 6.10 Å². The highest BCUT2D eigenvalue weighted by atomic mass is 16.5. The number of ether oxygens (including phenoxy) is 1. The molecular formula is C16H16N2O. The van der Waals surface area contributed by atoms with E-state index in [1.54, 1.807) is 19.5 Å². The van der Waals surface area contributed by atoms with Gasteiger partial charge in [0, 0.05) is 19.5 Å². The second-order valence-corrected chi connectivity index (χ2v) is 3.93. The molecule has 0 unspecified atom stereocenters. The lowest BCUT2D eigenvalue weighted by Crippen LogP contribution is -2.13. The molecule has 0 amide bonds. The molecule has 0 bridgehead atoms. The summed E-state index contributed by atoms with van der Waals surface area (Å²) in [6.07, 6.45) is 3.24. The lowest BCUT2D eigenvalue weighted by Gasteiger charge is -2.03. The van der Waals surface area contributed by atoms with E-state index in [1.165, 1.54) is 0 Å². The van der Waals surface area contributed by atoms with Crippen molar-refractivity contribution < 1.29 is 4.74 Å². The average Bonchev–Trinajstić information content (AvgIpc) is 2.49. The summed E-state index contributed by atoms with van der Waals surface area (Å²) < 4.78 is 5.30. The molecule has 0 heterocycles. The molecule has 2 aromatic rings. The van der Waals surface area contributed by atoms with Crippen LogP contribution in [0.4, 0.5) is 11.4 Å². The molecule has 96 valence electrons. The second-order valence-electron chi connectivity index (χ2n) is 3.93. The molecule has 0 aliphatic rings. The molecule has 0 aromatic heterocycles. The minimum absolute atomic E-state index is 0.236. The molecular weight excluding hydrogens is 236 g/mol. The lowest BCUT2D eigenvalue weighted by molar-refractivity contribution is 0.211. The van der Waals surface area contributed by atoms with E-state index < -0.39 is 0 Å². The lowest BCUT2D eigenvalue weighted by atomic mass is 10.3. The quantitative estimate of drug-likeness (QED) is 0.745. The highest BCUT2D eigenvalue weighted by Gasteiger charge is 1.98. The van der Waals surface area contributed by atoms with Gasteiger partial charge in [0.2, 0.25) is 0 Å².